The Bertz CT molecular complexity index is 849. The van der Waals surface area contributed by atoms with Crippen molar-refractivity contribution in [3.8, 4) is 5.19 Å². The lowest BCUT2D eigenvalue weighted by molar-refractivity contribution is -0.160. The summed E-state index contributed by atoms with van der Waals surface area (Å²) < 4.78 is 11.8. The van der Waals surface area contributed by atoms with Crippen molar-refractivity contribution in [1.29, 1.82) is 0 Å². The van der Waals surface area contributed by atoms with Gasteiger partial charge in [-0.2, -0.15) is 0 Å². The molecule has 140 valence electrons. The molecule has 2 aromatic carbocycles. The summed E-state index contributed by atoms with van der Waals surface area (Å²) in [6.07, 6.45) is -1.32. The molecule has 0 saturated carbocycles. The van der Waals surface area contributed by atoms with Crippen LogP contribution in [-0.2, 0) is 15.1 Å². The topological polar surface area (TPSA) is 68.7 Å². The Morgan fingerprint density at radius 1 is 1.04 bits per heavy atom. The van der Waals surface area contributed by atoms with E-state index >= 15 is 0 Å². The third-order valence-electron chi connectivity index (χ3n) is 4.55. The Hall–Kier alpha value is -2.70. The molecule has 1 heterocycles. The molecule has 1 N–H and O–H groups in total. The van der Waals surface area contributed by atoms with Gasteiger partial charge in [-0.15, -0.1) is 0 Å². The predicted octanol–water partition coefficient (Wildman–Crippen LogP) is 4.18. The van der Waals surface area contributed by atoms with Gasteiger partial charge in [0.15, 0.2) is 5.60 Å². The van der Waals surface area contributed by atoms with Crippen LogP contribution in [-0.4, -0.2) is 29.3 Å². The van der Waals surface area contributed by atoms with Crippen LogP contribution >= 0.6 is 11.3 Å². The van der Waals surface area contributed by atoms with E-state index < -0.39 is 17.7 Å². The third kappa shape index (κ3) is 3.59. The van der Waals surface area contributed by atoms with Gasteiger partial charge in [0.05, 0.1) is 5.69 Å². The third-order valence-corrected chi connectivity index (χ3v) is 5.51. The predicted molar refractivity (Wildman–Crippen MR) is 104 cm³/mol. The smallest absolute Gasteiger partial charge is 0.348 e. The van der Waals surface area contributed by atoms with Crippen molar-refractivity contribution in [2.45, 2.75) is 25.6 Å². The minimum absolute atomic E-state index is 0.311. The van der Waals surface area contributed by atoms with Crippen molar-refractivity contribution >= 4 is 17.3 Å². The van der Waals surface area contributed by atoms with E-state index in [1.807, 2.05) is 74.5 Å². The molecule has 0 aliphatic heterocycles. The summed E-state index contributed by atoms with van der Waals surface area (Å²) in [7, 11) is 1.50. The molecule has 1 aromatic heterocycles. The molecule has 0 saturated heterocycles. The second-order valence-corrected chi connectivity index (χ2v) is 7.30. The molecule has 1 atom stereocenters. The number of aliphatic carboxylic acids is 1. The van der Waals surface area contributed by atoms with Gasteiger partial charge in [0.1, 0.15) is 0 Å². The van der Waals surface area contributed by atoms with E-state index in [1.165, 1.54) is 18.4 Å². The number of carboxylic acids is 1. The molecule has 0 fully saturated rings. The van der Waals surface area contributed by atoms with Gasteiger partial charge in [-0.3, -0.25) is 0 Å². The Morgan fingerprint density at radius 3 is 1.93 bits per heavy atom. The van der Waals surface area contributed by atoms with Crippen molar-refractivity contribution in [3.63, 3.8) is 0 Å². The van der Waals surface area contributed by atoms with Crippen molar-refractivity contribution in [1.82, 2.24) is 4.98 Å². The van der Waals surface area contributed by atoms with Crippen molar-refractivity contribution in [2.24, 2.45) is 0 Å². The first-order valence-electron chi connectivity index (χ1n) is 8.48. The molecule has 0 spiro atoms. The minimum Gasteiger partial charge on any atom is -0.478 e. The largest absolute Gasteiger partial charge is 0.478 e. The molecule has 3 aromatic rings. The number of thiazole rings is 1. The number of aryl methyl sites for hydroxylation is 2. The standard InChI is InChI=1S/C21H21NO4S/c1-14-15(2)27-20(22-14)26-18(19(23)24)21(25-3,16-10-6-4-7-11-16)17-12-8-5-9-13-17/h4-13,18H,1-3H3,(H,23,24)/t18-/m1/s1. The second kappa shape index (κ2) is 7.90. The fourth-order valence-corrected chi connectivity index (χ4v) is 3.87. The lowest BCUT2D eigenvalue weighted by Crippen LogP contribution is -2.50. The van der Waals surface area contributed by atoms with E-state index in [0.29, 0.717) is 16.3 Å². The number of aromatic nitrogens is 1. The van der Waals surface area contributed by atoms with Crippen LogP contribution in [0.25, 0.3) is 0 Å². The number of ether oxygens (including phenoxy) is 2. The Kier molecular flexibility index (Phi) is 5.58. The lowest BCUT2D eigenvalue weighted by atomic mass is 9.81. The zero-order chi connectivity index (χ0) is 19.4. The SMILES string of the molecule is COC(c1ccccc1)(c1ccccc1)[C@H](Oc1nc(C)c(C)s1)C(=O)O. The molecule has 0 bridgehead atoms. The molecule has 0 amide bonds. The Balaban J connectivity index is 2.18. The van der Waals surface area contributed by atoms with Crippen LogP contribution in [0, 0.1) is 13.8 Å². The summed E-state index contributed by atoms with van der Waals surface area (Å²) in [5.74, 6) is -1.13. The van der Waals surface area contributed by atoms with Crippen LogP contribution in [0.5, 0.6) is 5.19 Å². The van der Waals surface area contributed by atoms with Crippen LogP contribution in [0.2, 0.25) is 0 Å². The molecule has 27 heavy (non-hydrogen) atoms. The maximum atomic E-state index is 12.3. The van der Waals surface area contributed by atoms with E-state index in [2.05, 4.69) is 4.98 Å². The van der Waals surface area contributed by atoms with Crippen LogP contribution in [0.15, 0.2) is 60.7 Å². The summed E-state index contributed by atoms with van der Waals surface area (Å²) in [5.41, 5.74) is 0.871. The Morgan fingerprint density at radius 2 is 1.56 bits per heavy atom. The highest BCUT2D eigenvalue weighted by molar-refractivity contribution is 7.13. The van der Waals surface area contributed by atoms with Gasteiger partial charge in [-0.1, -0.05) is 72.0 Å². The van der Waals surface area contributed by atoms with Crippen molar-refractivity contribution < 1.29 is 19.4 Å². The molecule has 3 rings (SSSR count). The van der Waals surface area contributed by atoms with Crippen LogP contribution < -0.4 is 4.74 Å². The zero-order valence-corrected chi connectivity index (χ0v) is 16.2. The lowest BCUT2D eigenvalue weighted by Gasteiger charge is -2.37. The van der Waals surface area contributed by atoms with Gasteiger partial charge in [0.25, 0.3) is 5.19 Å². The van der Waals surface area contributed by atoms with Gasteiger partial charge in [-0.25, -0.2) is 9.78 Å². The number of benzene rings is 2. The monoisotopic (exact) mass is 383 g/mol. The highest BCUT2D eigenvalue weighted by Crippen LogP contribution is 2.39. The molecule has 0 unspecified atom stereocenters. The van der Waals surface area contributed by atoms with Crippen LogP contribution in [0.1, 0.15) is 21.7 Å². The summed E-state index contributed by atoms with van der Waals surface area (Å²) >= 11 is 1.32. The van der Waals surface area contributed by atoms with Crippen LogP contribution in [0.3, 0.4) is 0 Å². The van der Waals surface area contributed by atoms with E-state index in [9.17, 15) is 9.90 Å². The van der Waals surface area contributed by atoms with Gasteiger partial charge in [0.2, 0.25) is 6.10 Å². The fraction of sp³-hybridized carbons (Fsp3) is 0.238. The average molecular weight is 383 g/mol. The van der Waals surface area contributed by atoms with Gasteiger partial charge >= 0.3 is 5.97 Å². The first-order chi connectivity index (χ1) is 13.0. The number of nitrogens with zero attached hydrogens (tertiary/aromatic N) is 1. The summed E-state index contributed by atoms with van der Waals surface area (Å²) in [5, 5.41) is 10.4. The van der Waals surface area contributed by atoms with E-state index in [1.54, 1.807) is 0 Å². The minimum atomic E-state index is -1.33. The highest BCUT2D eigenvalue weighted by atomic mass is 32.1. The maximum Gasteiger partial charge on any atom is 0.348 e. The van der Waals surface area contributed by atoms with Gasteiger partial charge < -0.3 is 14.6 Å². The number of methoxy groups -OCH3 is 1. The molecule has 0 aliphatic carbocycles. The van der Waals surface area contributed by atoms with E-state index in [0.717, 1.165) is 10.6 Å². The van der Waals surface area contributed by atoms with Crippen molar-refractivity contribution in [3.05, 3.63) is 82.4 Å². The Labute approximate surface area is 162 Å². The van der Waals surface area contributed by atoms with Crippen molar-refractivity contribution in [2.75, 3.05) is 7.11 Å². The molecular formula is C21H21NO4S. The summed E-state index contributed by atoms with van der Waals surface area (Å²) in [6, 6.07) is 18.5. The molecule has 0 aliphatic rings. The second-order valence-electron chi connectivity index (χ2n) is 6.13. The quantitative estimate of drug-likeness (QED) is 0.663. The molecular weight excluding hydrogens is 362 g/mol. The van der Waals surface area contributed by atoms with E-state index in [4.69, 9.17) is 9.47 Å². The first kappa shape index (κ1) is 19.1. The number of carboxylic acid groups (broad SMARTS) is 1. The zero-order valence-electron chi connectivity index (χ0n) is 15.4. The highest BCUT2D eigenvalue weighted by Gasteiger charge is 2.49. The first-order valence-corrected chi connectivity index (χ1v) is 9.30. The fourth-order valence-electron chi connectivity index (χ4n) is 3.09. The molecule has 0 radical (unpaired) electrons. The average Bonchev–Trinajstić information content (AvgIpc) is 3.01. The van der Waals surface area contributed by atoms with Gasteiger partial charge in [0, 0.05) is 12.0 Å². The maximum absolute atomic E-state index is 12.3. The summed E-state index contributed by atoms with van der Waals surface area (Å²) in [4.78, 5) is 17.6. The number of carbonyl (C=O) groups is 1. The van der Waals surface area contributed by atoms with Gasteiger partial charge in [-0.05, 0) is 25.0 Å². The number of hydrogen-bond acceptors (Lipinski definition) is 5. The molecule has 5 nitrogen and oxygen atoms in total. The number of hydrogen-bond donors (Lipinski definition) is 1. The van der Waals surface area contributed by atoms with Crippen LogP contribution in [0.4, 0.5) is 0 Å². The summed E-state index contributed by atoms with van der Waals surface area (Å²) in [6.45, 7) is 3.79. The normalized spacial score (nSPS) is 12.6. The van der Waals surface area contributed by atoms with E-state index in [-0.39, 0.29) is 0 Å². The number of rotatable bonds is 7. The molecule has 6 heteroatoms.